The fourth-order valence-electron chi connectivity index (χ4n) is 2.47. The van der Waals surface area contributed by atoms with Crippen molar-refractivity contribution >= 4 is 5.91 Å². The highest BCUT2D eigenvalue weighted by Gasteiger charge is 2.13. The monoisotopic (exact) mass is 258 g/mol. The molecule has 0 aliphatic heterocycles. The Hall–Kier alpha value is -1.64. The molecule has 1 atom stereocenters. The molecular weight excluding hydrogens is 236 g/mol. The van der Waals surface area contributed by atoms with Gasteiger partial charge in [0.15, 0.2) is 0 Å². The fraction of sp³-hybridized carbons (Fsp3) is 0.500. The summed E-state index contributed by atoms with van der Waals surface area (Å²) < 4.78 is 0. The van der Waals surface area contributed by atoms with Gasteiger partial charge >= 0.3 is 0 Å². The van der Waals surface area contributed by atoms with E-state index in [0.29, 0.717) is 6.42 Å². The Bertz CT molecular complexity index is 439. The van der Waals surface area contributed by atoms with E-state index in [1.165, 1.54) is 18.4 Å². The lowest BCUT2D eigenvalue weighted by atomic mass is 9.94. The Labute approximate surface area is 115 Å². The van der Waals surface area contributed by atoms with Crippen LogP contribution in [0.1, 0.15) is 44.6 Å². The zero-order valence-electron chi connectivity index (χ0n) is 11.6. The van der Waals surface area contributed by atoms with Crippen molar-refractivity contribution in [2.75, 3.05) is 0 Å². The number of rotatable bonds is 5. The quantitative estimate of drug-likeness (QED) is 0.825. The molecule has 0 aromatic carbocycles. The third kappa shape index (κ3) is 4.51. The van der Waals surface area contributed by atoms with Gasteiger partial charge in [-0.2, -0.15) is 0 Å². The largest absolute Gasteiger partial charge is 0.350 e. The highest BCUT2D eigenvalue weighted by atomic mass is 16.1. The molecule has 1 aromatic rings. The second kappa shape index (κ2) is 7.07. The molecule has 1 heterocycles. The van der Waals surface area contributed by atoms with E-state index in [4.69, 9.17) is 0 Å². The molecule has 1 aliphatic rings. The van der Waals surface area contributed by atoms with Gasteiger partial charge in [0.05, 0.1) is 0 Å². The molecule has 0 fully saturated rings. The Morgan fingerprint density at radius 3 is 2.84 bits per heavy atom. The maximum Gasteiger partial charge on any atom is 0.220 e. The molecule has 2 rings (SSSR count). The minimum absolute atomic E-state index is 0.135. The van der Waals surface area contributed by atoms with Crippen molar-refractivity contribution in [1.82, 2.24) is 10.3 Å². The summed E-state index contributed by atoms with van der Waals surface area (Å²) in [6.45, 7) is 2.08. The van der Waals surface area contributed by atoms with Crippen LogP contribution in [0.15, 0.2) is 36.2 Å². The van der Waals surface area contributed by atoms with E-state index >= 15 is 0 Å². The summed E-state index contributed by atoms with van der Waals surface area (Å²) in [5, 5.41) is 3.10. The van der Waals surface area contributed by atoms with Gasteiger partial charge in [0, 0.05) is 24.9 Å². The zero-order valence-corrected chi connectivity index (χ0v) is 11.6. The summed E-state index contributed by atoms with van der Waals surface area (Å²) in [6.07, 6.45) is 12.0. The first-order valence-corrected chi connectivity index (χ1v) is 7.13. The first-order chi connectivity index (χ1) is 9.25. The lowest BCUT2D eigenvalue weighted by Crippen LogP contribution is -2.34. The average molecular weight is 258 g/mol. The van der Waals surface area contributed by atoms with Gasteiger partial charge in [-0.25, -0.2) is 0 Å². The van der Waals surface area contributed by atoms with Crippen LogP contribution in [0, 0.1) is 0 Å². The molecule has 0 saturated heterocycles. The summed E-state index contributed by atoms with van der Waals surface area (Å²) in [5.74, 6) is 0.135. The first-order valence-electron chi connectivity index (χ1n) is 7.13. The summed E-state index contributed by atoms with van der Waals surface area (Å²) in [4.78, 5) is 15.9. The van der Waals surface area contributed by atoms with Gasteiger partial charge in [-0.3, -0.25) is 9.78 Å². The SMILES string of the molecule is C[C@H](NC(=O)CCc1ccncc1)C1=CCCCC1. The summed E-state index contributed by atoms with van der Waals surface area (Å²) in [7, 11) is 0. The van der Waals surface area contributed by atoms with Gasteiger partial charge < -0.3 is 5.32 Å². The number of hydrogen-bond acceptors (Lipinski definition) is 2. The molecule has 0 spiro atoms. The van der Waals surface area contributed by atoms with Crippen LogP contribution in [0.4, 0.5) is 0 Å². The number of carbonyl (C=O) groups excluding carboxylic acids is 1. The smallest absolute Gasteiger partial charge is 0.220 e. The fourth-order valence-corrected chi connectivity index (χ4v) is 2.47. The molecule has 0 saturated carbocycles. The van der Waals surface area contributed by atoms with Gasteiger partial charge in [-0.1, -0.05) is 11.6 Å². The van der Waals surface area contributed by atoms with Crippen LogP contribution in [0.25, 0.3) is 0 Å². The molecule has 0 bridgehead atoms. The van der Waals surface area contributed by atoms with Crippen LogP contribution in [0.3, 0.4) is 0 Å². The minimum Gasteiger partial charge on any atom is -0.350 e. The van der Waals surface area contributed by atoms with Crippen LogP contribution in [-0.4, -0.2) is 16.9 Å². The third-order valence-corrected chi connectivity index (χ3v) is 3.65. The van der Waals surface area contributed by atoms with Crippen LogP contribution in [0.5, 0.6) is 0 Å². The number of aromatic nitrogens is 1. The first kappa shape index (κ1) is 13.8. The maximum absolute atomic E-state index is 11.9. The Morgan fingerprint density at radius 2 is 2.16 bits per heavy atom. The van der Waals surface area contributed by atoms with E-state index < -0.39 is 0 Å². The van der Waals surface area contributed by atoms with Crippen molar-refractivity contribution in [3.63, 3.8) is 0 Å². The molecular formula is C16H22N2O. The lowest BCUT2D eigenvalue weighted by Gasteiger charge is -2.20. The minimum atomic E-state index is 0.135. The van der Waals surface area contributed by atoms with E-state index in [2.05, 4.69) is 23.3 Å². The highest BCUT2D eigenvalue weighted by Crippen LogP contribution is 2.20. The second-order valence-corrected chi connectivity index (χ2v) is 5.17. The van der Waals surface area contributed by atoms with Gasteiger partial charge in [-0.15, -0.1) is 0 Å². The van der Waals surface area contributed by atoms with Gasteiger partial charge in [0.25, 0.3) is 0 Å². The van der Waals surface area contributed by atoms with Crippen LogP contribution in [0.2, 0.25) is 0 Å². The normalized spacial score (nSPS) is 16.6. The molecule has 19 heavy (non-hydrogen) atoms. The van der Waals surface area contributed by atoms with Crippen molar-refractivity contribution in [3.8, 4) is 0 Å². The Morgan fingerprint density at radius 1 is 1.37 bits per heavy atom. The third-order valence-electron chi connectivity index (χ3n) is 3.65. The van der Waals surface area contributed by atoms with Crippen LogP contribution in [-0.2, 0) is 11.2 Å². The summed E-state index contributed by atoms with van der Waals surface area (Å²) >= 11 is 0. The Balaban J connectivity index is 1.76. The van der Waals surface area contributed by atoms with Crippen molar-refractivity contribution in [2.24, 2.45) is 0 Å². The second-order valence-electron chi connectivity index (χ2n) is 5.17. The van der Waals surface area contributed by atoms with E-state index in [9.17, 15) is 4.79 Å². The number of aryl methyl sites for hydroxylation is 1. The van der Waals surface area contributed by atoms with Crippen LogP contribution >= 0.6 is 0 Å². The van der Waals surface area contributed by atoms with Crippen molar-refractivity contribution < 1.29 is 4.79 Å². The number of pyridine rings is 1. The van der Waals surface area contributed by atoms with Gasteiger partial charge in [0.2, 0.25) is 5.91 Å². The standard InChI is InChI=1S/C16H22N2O/c1-13(15-5-3-2-4-6-15)18-16(19)8-7-14-9-11-17-12-10-14/h5,9-13H,2-4,6-8H2,1H3,(H,18,19)/t13-/m0/s1. The summed E-state index contributed by atoms with van der Waals surface area (Å²) in [5.41, 5.74) is 2.55. The molecule has 1 amide bonds. The molecule has 0 unspecified atom stereocenters. The number of nitrogens with zero attached hydrogens (tertiary/aromatic N) is 1. The number of carbonyl (C=O) groups is 1. The molecule has 3 heteroatoms. The average Bonchev–Trinajstić information content (AvgIpc) is 2.47. The lowest BCUT2D eigenvalue weighted by molar-refractivity contribution is -0.121. The molecule has 1 aromatic heterocycles. The summed E-state index contributed by atoms with van der Waals surface area (Å²) in [6, 6.07) is 4.10. The van der Waals surface area contributed by atoms with E-state index in [0.717, 1.165) is 24.8 Å². The topological polar surface area (TPSA) is 42.0 Å². The predicted octanol–water partition coefficient (Wildman–Crippen LogP) is 3.02. The molecule has 1 N–H and O–H groups in total. The van der Waals surface area contributed by atoms with E-state index in [-0.39, 0.29) is 11.9 Å². The van der Waals surface area contributed by atoms with E-state index in [1.54, 1.807) is 12.4 Å². The molecule has 102 valence electrons. The highest BCUT2D eigenvalue weighted by molar-refractivity contribution is 5.76. The number of amides is 1. The molecule has 1 aliphatic carbocycles. The van der Waals surface area contributed by atoms with E-state index in [1.807, 2.05) is 12.1 Å². The van der Waals surface area contributed by atoms with Gasteiger partial charge in [0.1, 0.15) is 0 Å². The maximum atomic E-state index is 11.9. The predicted molar refractivity (Wildman–Crippen MR) is 76.7 cm³/mol. The van der Waals surface area contributed by atoms with Gasteiger partial charge in [-0.05, 0) is 56.7 Å². The van der Waals surface area contributed by atoms with Crippen molar-refractivity contribution in [2.45, 2.75) is 51.5 Å². The molecule has 3 nitrogen and oxygen atoms in total. The van der Waals surface area contributed by atoms with Crippen molar-refractivity contribution in [3.05, 3.63) is 41.7 Å². The van der Waals surface area contributed by atoms with Crippen molar-refractivity contribution in [1.29, 1.82) is 0 Å². The number of nitrogens with one attached hydrogen (secondary N) is 1. The van der Waals surface area contributed by atoms with Crippen LogP contribution < -0.4 is 5.32 Å². The zero-order chi connectivity index (χ0) is 13.5. The number of hydrogen-bond donors (Lipinski definition) is 1. The molecule has 0 radical (unpaired) electrons. The Kier molecular flexibility index (Phi) is 5.13. The number of allylic oxidation sites excluding steroid dienone is 1.